The van der Waals surface area contributed by atoms with E-state index in [1.807, 2.05) is 13.8 Å². The molecule has 0 aromatic rings. The first-order chi connectivity index (χ1) is 23.7. The van der Waals surface area contributed by atoms with Crippen molar-refractivity contribution < 1.29 is 53.7 Å². The Morgan fingerprint density at radius 3 is 2.18 bits per heavy atom. The quantitative estimate of drug-likeness (QED) is 0.153. The van der Waals surface area contributed by atoms with Crippen molar-refractivity contribution in [2.75, 3.05) is 6.61 Å². The van der Waals surface area contributed by atoms with Crippen LogP contribution in [0.1, 0.15) is 120 Å². The van der Waals surface area contributed by atoms with E-state index in [4.69, 9.17) is 23.7 Å². The number of rotatable bonds is 9. The lowest BCUT2D eigenvalue weighted by Gasteiger charge is -2.69. The third kappa shape index (κ3) is 5.51. The predicted molar refractivity (Wildman–Crippen MR) is 185 cm³/mol. The van der Waals surface area contributed by atoms with Gasteiger partial charge >= 0.3 is 11.9 Å². The summed E-state index contributed by atoms with van der Waals surface area (Å²) in [5.74, 6) is 0.407. The molecule has 290 valence electrons. The number of aliphatic hydroxyl groups is 4. The maximum atomic E-state index is 12.3. The van der Waals surface area contributed by atoms with Crippen LogP contribution in [0.15, 0.2) is 0 Å². The van der Waals surface area contributed by atoms with Crippen LogP contribution in [0.3, 0.4) is 0 Å². The van der Waals surface area contributed by atoms with E-state index in [2.05, 4.69) is 34.6 Å². The van der Waals surface area contributed by atoms with Gasteiger partial charge in [-0.3, -0.25) is 9.59 Å². The number of carbonyl (C=O) groups excluding carboxylic acids is 2. The van der Waals surface area contributed by atoms with Gasteiger partial charge in [-0.1, -0.05) is 34.6 Å². The van der Waals surface area contributed by atoms with E-state index >= 15 is 0 Å². The molecule has 0 spiro atoms. The zero-order chi connectivity index (χ0) is 37.3. The molecule has 7 rings (SSSR count). The zero-order valence-corrected chi connectivity index (χ0v) is 32.2. The summed E-state index contributed by atoms with van der Waals surface area (Å²) in [6.45, 7) is 18.2. The second kappa shape index (κ2) is 12.3. The standard InChI is InChI=1S/C40H64O11/c1-20(16-24(43)33-36(6,7)51-33)23-10-15-40-19-39(23,40)14-11-26-37(8)13-12-28(48-22(3)42)35(4,5)27(37)17-29(38(26,40)9)50-34-32(46)31(45)30(44)25(49-34)18-47-21(2)41/h20,23-34,43-46H,10-19H2,1-9H3/t20?,23-,24-,25?,26?,27?,28+,29+,30?,31?,32?,33?,34?,37+,38-,39+,40+/m0/s1. The molecular weight excluding hydrogens is 656 g/mol. The van der Waals surface area contributed by atoms with E-state index < -0.39 is 42.8 Å². The summed E-state index contributed by atoms with van der Waals surface area (Å²) in [5.41, 5.74) is -0.829. The van der Waals surface area contributed by atoms with Crippen molar-refractivity contribution in [3.05, 3.63) is 0 Å². The van der Waals surface area contributed by atoms with Gasteiger partial charge in [-0.05, 0) is 112 Å². The smallest absolute Gasteiger partial charge is 0.302 e. The van der Waals surface area contributed by atoms with Gasteiger partial charge in [0.1, 0.15) is 43.2 Å². The summed E-state index contributed by atoms with van der Waals surface area (Å²) >= 11 is 0. The Balaban J connectivity index is 1.23. The molecule has 9 unspecified atom stereocenters. The lowest BCUT2D eigenvalue weighted by Crippen LogP contribution is -2.68. The van der Waals surface area contributed by atoms with Crippen molar-refractivity contribution in [2.45, 2.75) is 181 Å². The van der Waals surface area contributed by atoms with Crippen molar-refractivity contribution in [2.24, 2.45) is 50.7 Å². The third-order valence-corrected chi connectivity index (χ3v) is 16.5. The Bertz CT molecular complexity index is 1380. The fourth-order valence-corrected chi connectivity index (χ4v) is 14.1. The van der Waals surface area contributed by atoms with Crippen molar-refractivity contribution in [3.63, 3.8) is 0 Å². The van der Waals surface area contributed by atoms with Crippen molar-refractivity contribution >= 4 is 11.9 Å². The van der Waals surface area contributed by atoms with Gasteiger partial charge < -0.3 is 44.1 Å². The van der Waals surface area contributed by atoms with Gasteiger partial charge in [-0.25, -0.2) is 0 Å². The Labute approximate surface area is 303 Å². The van der Waals surface area contributed by atoms with E-state index in [-0.39, 0.29) is 75.4 Å². The number of fused-ring (bicyclic) bond motifs is 3. The largest absolute Gasteiger partial charge is 0.463 e. The molecule has 5 saturated carbocycles. The molecule has 11 heteroatoms. The maximum absolute atomic E-state index is 12.3. The van der Waals surface area contributed by atoms with E-state index in [1.54, 1.807) is 0 Å². The second-order valence-corrected chi connectivity index (χ2v) is 19.6. The molecule has 51 heavy (non-hydrogen) atoms. The van der Waals surface area contributed by atoms with Gasteiger partial charge in [0.25, 0.3) is 0 Å². The average Bonchev–Trinajstić information content (AvgIpc) is 3.87. The monoisotopic (exact) mass is 720 g/mol. The minimum absolute atomic E-state index is 0.00651. The van der Waals surface area contributed by atoms with Gasteiger partial charge in [0.05, 0.1) is 17.8 Å². The van der Waals surface area contributed by atoms with Crippen molar-refractivity contribution in [3.8, 4) is 0 Å². The summed E-state index contributed by atoms with van der Waals surface area (Å²) in [4.78, 5) is 23.9. The Morgan fingerprint density at radius 2 is 1.55 bits per heavy atom. The Hall–Kier alpha value is -1.34. The number of epoxide rings is 1. The summed E-state index contributed by atoms with van der Waals surface area (Å²) in [6, 6.07) is 0. The first-order valence-electron chi connectivity index (χ1n) is 19.7. The van der Waals surface area contributed by atoms with Crippen LogP contribution in [0.2, 0.25) is 0 Å². The number of hydrogen-bond donors (Lipinski definition) is 4. The zero-order valence-electron chi connectivity index (χ0n) is 32.2. The number of carbonyl (C=O) groups is 2. The highest BCUT2D eigenvalue weighted by Crippen LogP contribution is 2.91. The normalized spacial score (nSPS) is 51.5. The molecule has 0 aromatic carbocycles. The van der Waals surface area contributed by atoms with Crippen LogP contribution in [0.4, 0.5) is 0 Å². The summed E-state index contributed by atoms with van der Waals surface area (Å²) in [6.07, 6.45) is 0.542. The van der Waals surface area contributed by atoms with Crippen molar-refractivity contribution in [1.29, 1.82) is 0 Å². The summed E-state index contributed by atoms with van der Waals surface area (Å²) in [7, 11) is 0. The molecule has 0 amide bonds. The van der Waals surface area contributed by atoms with Crippen LogP contribution in [-0.2, 0) is 33.3 Å². The highest BCUT2D eigenvalue weighted by Gasteiger charge is 2.85. The molecule has 0 radical (unpaired) electrons. The molecule has 7 fully saturated rings. The minimum Gasteiger partial charge on any atom is -0.463 e. The third-order valence-electron chi connectivity index (χ3n) is 16.5. The molecule has 0 bridgehead atoms. The highest BCUT2D eigenvalue weighted by atomic mass is 16.7. The maximum Gasteiger partial charge on any atom is 0.302 e. The van der Waals surface area contributed by atoms with E-state index in [9.17, 15) is 30.0 Å². The molecule has 2 heterocycles. The summed E-state index contributed by atoms with van der Waals surface area (Å²) in [5, 5.41) is 44.3. The number of aliphatic hydroxyl groups excluding tert-OH is 4. The van der Waals surface area contributed by atoms with Crippen LogP contribution in [0, 0.1) is 50.7 Å². The number of hydrogen-bond acceptors (Lipinski definition) is 11. The molecule has 11 nitrogen and oxygen atoms in total. The first-order valence-corrected chi connectivity index (χ1v) is 19.7. The van der Waals surface area contributed by atoms with E-state index in [0.717, 1.165) is 44.9 Å². The lowest BCUT2D eigenvalue weighted by molar-refractivity contribution is -0.344. The SMILES string of the molecule is CC(=O)OCC1OC(O[C@@H]2CC3C(C)(C)[C@H](OC(C)=O)CC[C@]3(C)C3CC[C@]45C[C@]4(CC[C@H]5C(C)C[C@H](O)C4OC4(C)C)[C@@]32C)C(O)C(O)C1O. The van der Waals surface area contributed by atoms with E-state index in [1.165, 1.54) is 13.8 Å². The van der Waals surface area contributed by atoms with Gasteiger partial charge in [0.2, 0.25) is 0 Å². The minimum atomic E-state index is -1.55. The second-order valence-electron chi connectivity index (χ2n) is 19.6. The van der Waals surface area contributed by atoms with Crippen LogP contribution in [0.25, 0.3) is 0 Å². The van der Waals surface area contributed by atoms with Gasteiger partial charge in [-0.15, -0.1) is 0 Å². The predicted octanol–water partition coefficient (Wildman–Crippen LogP) is 4.29. The average molecular weight is 721 g/mol. The van der Waals surface area contributed by atoms with Gasteiger partial charge in [0.15, 0.2) is 6.29 Å². The van der Waals surface area contributed by atoms with Crippen LogP contribution in [-0.4, -0.2) is 99.7 Å². The number of ether oxygens (including phenoxy) is 5. The van der Waals surface area contributed by atoms with Crippen LogP contribution in [0.5, 0.6) is 0 Å². The topological polar surface area (TPSA) is 165 Å². The lowest BCUT2D eigenvalue weighted by atomic mass is 9.37. The number of esters is 2. The molecule has 2 aliphatic heterocycles. The molecule has 4 N–H and O–H groups in total. The van der Waals surface area contributed by atoms with Gasteiger partial charge in [0, 0.05) is 24.7 Å². The Morgan fingerprint density at radius 1 is 0.863 bits per heavy atom. The van der Waals surface area contributed by atoms with Crippen molar-refractivity contribution in [1.82, 2.24) is 0 Å². The molecule has 17 atom stereocenters. The molecule has 2 saturated heterocycles. The fourth-order valence-electron chi connectivity index (χ4n) is 14.1. The highest BCUT2D eigenvalue weighted by molar-refractivity contribution is 5.66. The van der Waals surface area contributed by atoms with Crippen LogP contribution < -0.4 is 0 Å². The summed E-state index contributed by atoms with van der Waals surface area (Å²) < 4.78 is 30.2. The molecule has 7 aliphatic rings. The molecular formula is C40H64O11. The fraction of sp³-hybridized carbons (Fsp3) is 0.950. The first kappa shape index (κ1) is 38.0. The molecule has 5 aliphatic carbocycles. The Kier molecular flexibility index (Phi) is 9.18. The van der Waals surface area contributed by atoms with Gasteiger partial charge in [-0.2, -0.15) is 0 Å². The molecule has 0 aromatic heterocycles. The van der Waals surface area contributed by atoms with Crippen LogP contribution >= 0.6 is 0 Å². The van der Waals surface area contributed by atoms with E-state index in [0.29, 0.717) is 24.7 Å².